The van der Waals surface area contributed by atoms with Gasteiger partial charge in [0.2, 0.25) is 88.6 Å². The molecule has 0 bridgehead atoms. The second kappa shape index (κ2) is 53.5. The van der Waals surface area contributed by atoms with Gasteiger partial charge in [0.05, 0.1) is 12.9 Å². The lowest BCUT2D eigenvalue weighted by atomic mass is 9.84. The number of imidazole rings is 1. The lowest BCUT2D eigenvalue weighted by Crippen LogP contribution is -2.63. The quantitative estimate of drug-likeness (QED) is 0.0130. The number of rotatable bonds is 52. The van der Waals surface area contributed by atoms with E-state index in [0.29, 0.717) is 80.1 Å². The fourth-order valence-corrected chi connectivity index (χ4v) is 18.8. The smallest absolute Gasteiger partial charge is 0.326 e. The number of aromatic amines is 1. The van der Waals surface area contributed by atoms with Crippen molar-refractivity contribution in [3.63, 3.8) is 0 Å². The number of carboxylic acid groups (broad SMARTS) is 1. The van der Waals surface area contributed by atoms with Crippen LogP contribution in [0.15, 0.2) is 95.9 Å². The van der Waals surface area contributed by atoms with Crippen molar-refractivity contribution in [2.24, 2.45) is 40.4 Å². The highest BCUT2D eigenvalue weighted by Gasteiger charge is 2.50. The van der Waals surface area contributed by atoms with Gasteiger partial charge in [-0.25, -0.2) is 9.78 Å². The lowest BCUT2D eigenvalue weighted by Gasteiger charge is -2.35. The Hall–Kier alpha value is -12.6. The van der Waals surface area contributed by atoms with Crippen molar-refractivity contribution in [1.29, 1.82) is 10.8 Å². The maximum Gasteiger partial charge on any atom is 0.326 e. The van der Waals surface area contributed by atoms with Crippen LogP contribution in [0.25, 0.3) is 11.1 Å². The van der Waals surface area contributed by atoms with Crippen LogP contribution in [-0.2, 0) is 96.0 Å². The van der Waals surface area contributed by atoms with E-state index >= 15 is 28.8 Å². The molecule has 0 radical (unpaired) electrons. The van der Waals surface area contributed by atoms with Crippen LogP contribution in [0.4, 0.5) is 0 Å². The first kappa shape index (κ1) is 110. The number of nitrogens with zero attached hydrogens (tertiary/aromatic N) is 4. The fourth-order valence-electron chi connectivity index (χ4n) is 18.6. The zero-order valence-corrected chi connectivity index (χ0v) is 82.3. The molecular formula is C97H143BrN24O17. The molecule has 4 saturated heterocycles. The molecule has 42 heteroatoms. The summed E-state index contributed by atoms with van der Waals surface area (Å²) in [5, 5.41) is 65.1. The first-order valence-corrected chi connectivity index (χ1v) is 49.5. The van der Waals surface area contributed by atoms with Crippen LogP contribution in [0.3, 0.4) is 0 Å². The molecule has 1 aliphatic carbocycles. The fraction of sp³-hybridized carbons (Fsp3) is 0.598. The van der Waals surface area contributed by atoms with Crippen molar-refractivity contribution in [3.8, 4) is 11.1 Å². The number of primary amides is 1. The summed E-state index contributed by atoms with van der Waals surface area (Å²) in [6, 6.07) is 9.43. The molecule has 13 atom stereocenters. The normalized spacial score (nSPS) is 18.8. The molecule has 4 aliphatic heterocycles. The number of fused-ring (bicyclic) bond motifs is 1. The SMILES string of the molecule is CCCC[C@H](NC(=O)[C@@H]1C[C@@H]2CCCC[C@@H]2N1C(=O)CNC(=O)[C@H](CC1CCNCC1)NC(=O)[C@H](Cc1ccc(Br)cc1)NC(=O)C(C)(C)NC(=O)[C@H](CC(C)C)NC(=O)[C@@H](CCCNC(=N)N)NC(=O)[C@@H]1CCCN1C(=O)[C@H](CCCCNC(=N)N)NC(=O)[C@H](CCC(N)=O)NC(=O)C(C)(C)C(=O)NCCc1cnc[nH]1)C(=O)N1CCC[C@H]1C(=O)N[C@H](Cc1ccc(-c2ccccc2)cc1)C(=O)O. The third kappa shape index (κ3) is 33.3. The average Bonchev–Trinajstić information content (AvgIpc) is 1.62. The number of halogens is 1. The summed E-state index contributed by atoms with van der Waals surface area (Å²) in [6.45, 7) is 12.2. The van der Waals surface area contributed by atoms with E-state index in [-0.39, 0.29) is 158 Å². The third-order valence-electron chi connectivity index (χ3n) is 26.5. The number of nitrogens with one attached hydrogen (secondary N) is 17. The number of H-pyrrole nitrogens is 1. The minimum atomic E-state index is -1.87. The van der Waals surface area contributed by atoms with E-state index in [4.69, 9.17) is 28.0 Å². The Morgan fingerprint density at radius 1 is 0.525 bits per heavy atom. The second-order valence-corrected chi connectivity index (χ2v) is 39.4. The van der Waals surface area contributed by atoms with Crippen LogP contribution in [0, 0.1) is 34.0 Å². The summed E-state index contributed by atoms with van der Waals surface area (Å²) < 4.78 is 0.708. The van der Waals surface area contributed by atoms with E-state index in [2.05, 4.69) is 100 Å². The van der Waals surface area contributed by atoms with Crippen molar-refractivity contribution in [1.82, 2.24) is 99.1 Å². The largest absolute Gasteiger partial charge is 0.480 e. The van der Waals surface area contributed by atoms with Gasteiger partial charge in [0.1, 0.15) is 77.4 Å². The molecule has 1 aromatic heterocycles. The molecule has 5 fully saturated rings. The number of benzene rings is 3. The van der Waals surface area contributed by atoms with E-state index in [1.807, 2.05) is 61.5 Å². The lowest BCUT2D eigenvalue weighted by molar-refractivity contribution is -0.146. The van der Waals surface area contributed by atoms with E-state index in [0.717, 1.165) is 36.1 Å². The number of carbonyl (C=O) groups excluding carboxylic acids is 15. The molecule has 5 heterocycles. The summed E-state index contributed by atoms with van der Waals surface area (Å²) >= 11 is 3.47. The van der Waals surface area contributed by atoms with Gasteiger partial charge in [0.25, 0.3) is 0 Å². The third-order valence-corrected chi connectivity index (χ3v) is 27.0. The van der Waals surface area contributed by atoms with E-state index in [1.165, 1.54) is 48.7 Å². The summed E-state index contributed by atoms with van der Waals surface area (Å²) in [4.78, 5) is 242. The molecule has 5 aliphatic rings. The average molecular weight is 2000 g/mol. The molecule has 3 aromatic carbocycles. The Bertz CT molecular complexity index is 4910. The molecule has 0 unspecified atom stereocenters. The number of amides is 15. The van der Waals surface area contributed by atoms with Crippen LogP contribution in [0.2, 0.25) is 0 Å². The zero-order valence-electron chi connectivity index (χ0n) is 80.7. The maximum absolute atomic E-state index is 15.3. The van der Waals surface area contributed by atoms with Crippen LogP contribution in [0.1, 0.15) is 213 Å². The molecule has 139 heavy (non-hydrogen) atoms. The second-order valence-electron chi connectivity index (χ2n) is 38.5. The van der Waals surface area contributed by atoms with Crippen molar-refractivity contribution in [3.05, 3.63) is 113 Å². The van der Waals surface area contributed by atoms with Gasteiger partial charge in [-0.1, -0.05) is 129 Å². The molecule has 0 spiro atoms. The van der Waals surface area contributed by atoms with Gasteiger partial charge in [-0.3, -0.25) is 82.7 Å². The predicted octanol–water partition coefficient (Wildman–Crippen LogP) is 1.93. The molecule has 24 N–H and O–H groups in total. The van der Waals surface area contributed by atoms with E-state index in [9.17, 15) is 53.1 Å². The maximum atomic E-state index is 15.3. The monoisotopic (exact) mass is 2000 g/mol. The molecular weight excluding hydrogens is 1850 g/mol. The summed E-state index contributed by atoms with van der Waals surface area (Å²) in [7, 11) is 0. The predicted molar refractivity (Wildman–Crippen MR) is 522 cm³/mol. The zero-order chi connectivity index (χ0) is 101. The number of piperidine rings is 1. The van der Waals surface area contributed by atoms with Crippen molar-refractivity contribution >= 4 is 122 Å². The first-order valence-electron chi connectivity index (χ1n) is 48.7. The number of unbranched alkanes of at least 4 members (excludes halogenated alkanes) is 2. The van der Waals surface area contributed by atoms with Gasteiger partial charge in [-0.15, -0.1) is 0 Å². The van der Waals surface area contributed by atoms with Crippen LogP contribution >= 0.6 is 15.9 Å². The van der Waals surface area contributed by atoms with Crippen molar-refractivity contribution in [2.45, 2.75) is 293 Å². The van der Waals surface area contributed by atoms with Crippen LogP contribution in [-0.4, -0.2) is 267 Å². The Morgan fingerprint density at radius 3 is 1.65 bits per heavy atom. The molecule has 1 saturated carbocycles. The highest BCUT2D eigenvalue weighted by atomic mass is 79.9. The topological polar surface area (TPSA) is 626 Å². The number of hydrogen-bond donors (Lipinski definition) is 21. The van der Waals surface area contributed by atoms with Crippen molar-refractivity contribution < 1.29 is 81.8 Å². The van der Waals surface area contributed by atoms with Gasteiger partial charge in [-0.2, -0.15) is 0 Å². The molecule has 15 amide bonds. The van der Waals surface area contributed by atoms with Crippen molar-refractivity contribution in [2.75, 3.05) is 52.4 Å². The highest BCUT2D eigenvalue weighted by Crippen LogP contribution is 2.40. The Labute approximate surface area is 819 Å². The molecule has 760 valence electrons. The number of aromatic nitrogens is 2. The number of aliphatic carboxylic acids is 1. The number of carbonyl (C=O) groups is 16. The minimum Gasteiger partial charge on any atom is -0.480 e. The number of likely N-dealkylation sites (tertiary alicyclic amines) is 3. The standard InChI is InChI=1S/C97H143BrN24O17/c1-8-9-23-68(88(133)121-48-19-28-76(121)86(131)116-73(90(135)136)52-58-29-33-62(34-30-58)61-20-11-10-12-21-61)113-87(132)77-53-63-22-13-14-26-74(63)122(77)79(124)55-109-80(125)71(51-60-39-44-104-45-40-60)115-83(128)72(50-59-31-35-64(98)36-32-59)118-93(139)97(6,7)119-84(129)70(49-57(2)3)114-81(126)66(25-17-43-108-95(102)103)111-85(130)75-27-18-47-120(75)89(134)69(24-15-16-42-107-94(100)101)112-82(127)67(37-38-78(99)123)117-92(138)96(4,5)91(137)106-46-41-65-54-105-56-110-65/h10-12,20-21,29-36,54,56-57,60,63,66-77,104H,8-9,13-19,22-28,37-53,55H2,1-7H3,(H2,99,123)(H,105,110)(H,106,137)(H,109,125)(H,111,130)(H,112,127)(H,113,132)(H,114,126)(H,115,128)(H,116,131)(H,117,138)(H,118,139)(H,119,129)(H,135,136)(H4,100,101,107)(H4,102,103,108)/t63-,66+,67-,68-,69-,70-,71-,72-,73+,74-,75-,76-,77-/m0/s1. The number of guanidine groups is 2. The molecule has 41 nitrogen and oxygen atoms in total. The summed E-state index contributed by atoms with van der Waals surface area (Å²) in [5.74, 6) is -13.6. The Kier molecular flexibility index (Phi) is 42.3. The summed E-state index contributed by atoms with van der Waals surface area (Å²) in [5.41, 5.74) is 17.0. The molecule has 4 aromatic rings. The van der Waals surface area contributed by atoms with Gasteiger partial charge in [0, 0.05) is 80.8 Å². The Morgan fingerprint density at radius 2 is 1.06 bits per heavy atom. The van der Waals surface area contributed by atoms with Crippen LogP contribution < -0.4 is 91.6 Å². The minimum absolute atomic E-state index is 0.00133. The highest BCUT2D eigenvalue weighted by molar-refractivity contribution is 9.10. The number of hydrogen-bond acceptors (Lipinski definition) is 20. The van der Waals surface area contributed by atoms with Gasteiger partial charge >= 0.3 is 5.97 Å². The number of nitrogens with two attached hydrogens (primary N) is 3. The summed E-state index contributed by atoms with van der Waals surface area (Å²) in [6.07, 6.45) is 10.0. The van der Waals surface area contributed by atoms with Crippen LogP contribution in [0.5, 0.6) is 0 Å². The van der Waals surface area contributed by atoms with E-state index in [1.54, 1.807) is 44.3 Å². The van der Waals surface area contributed by atoms with E-state index < -0.39 is 185 Å². The first-order chi connectivity index (χ1) is 66.2. The number of carboxylic acids is 1. The van der Waals surface area contributed by atoms with Gasteiger partial charge in [0.15, 0.2) is 11.9 Å². The molecule has 9 rings (SSSR count). The van der Waals surface area contributed by atoms with Gasteiger partial charge in [-0.05, 0) is 208 Å². The van der Waals surface area contributed by atoms with Gasteiger partial charge < -0.3 is 116 Å². The Balaban J connectivity index is 0.872.